The normalized spacial score (nSPS) is 16.1. The van der Waals surface area contributed by atoms with Crippen LogP contribution in [0.4, 0.5) is 17.1 Å². The third kappa shape index (κ3) is 2.20. The Labute approximate surface area is 119 Å². The number of phenolic OH excluding ortho intramolecular Hbond substituents is 1. The van der Waals surface area contributed by atoms with Crippen LogP contribution in [0.3, 0.4) is 0 Å². The first kappa shape index (κ1) is 12.9. The van der Waals surface area contributed by atoms with Crippen molar-refractivity contribution >= 4 is 17.1 Å². The van der Waals surface area contributed by atoms with Crippen molar-refractivity contribution in [1.29, 1.82) is 0 Å². The molecule has 3 nitrogen and oxygen atoms in total. The summed E-state index contributed by atoms with van der Waals surface area (Å²) >= 11 is 0. The summed E-state index contributed by atoms with van der Waals surface area (Å²) in [5.74, 6) is 0.285. The van der Waals surface area contributed by atoms with Crippen LogP contribution < -0.4 is 10.2 Å². The molecule has 20 heavy (non-hydrogen) atoms. The number of hydrogen-bond acceptors (Lipinski definition) is 3. The summed E-state index contributed by atoms with van der Waals surface area (Å²) < 4.78 is 0. The lowest BCUT2D eigenvalue weighted by Gasteiger charge is -2.19. The molecule has 104 valence electrons. The lowest BCUT2D eigenvalue weighted by molar-refractivity contribution is 0.475. The van der Waals surface area contributed by atoms with Crippen molar-refractivity contribution in [1.82, 2.24) is 0 Å². The molecular formula is C17H20N2O. The van der Waals surface area contributed by atoms with Gasteiger partial charge in [-0.2, -0.15) is 0 Å². The lowest BCUT2D eigenvalue weighted by Crippen LogP contribution is -2.24. The number of nitrogens with one attached hydrogen (secondary N) is 1. The van der Waals surface area contributed by atoms with E-state index in [-0.39, 0.29) is 11.2 Å². The molecule has 0 radical (unpaired) electrons. The SMILES string of the molecule is CN1CC(C)(C)c2cc(Nc3ccc(O)cc3)ccc21. The molecule has 0 atom stereocenters. The minimum atomic E-state index is 0.177. The molecule has 1 aliphatic heterocycles. The molecule has 0 unspecified atom stereocenters. The molecule has 0 aliphatic carbocycles. The first-order chi connectivity index (χ1) is 9.45. The second-order valence-electron chi connectivity index (χ2n) is 6.14. The molecule has 2 aromatic carbocycles. The molecule has 1 heterocycles. The number of likely N-dealkylation sites (N-methyl/N-ethyl adjacent to an activating group) is 1. The highest BCUT2D eigenvalue weighted by Gasteiger charge is 2.33. The van der Waals surface area contributed by atoms with Crippen LogP contribution in [-0.2, 0) is 5.41 Å². The van der Waals surface area contributed by atoms with Gasteiger partial charge in [-0.1, -0.05) is 13.8 Å². The number of benzene rings is 2. The van der Waals surface area contributed by atoms with Crippen LogP contribution >= 0.6 is 0 Å². The van der Waals surface area contributed by atoms with Crippen molar-refractivity contribution in [3.8, 4) is 5.75 Å². The van der Waals surface area contributed by atoms with E-state index in [9.17, 15) is 5.11 Å². The monoisotopic (exact) mass is 268 g/mol. The van der Waals surface area contributed by atoms with Gasteiger partial charge >= 0.3 is 0 Å². The van der Waals surface area contributed by atoms with Gasteiger partial charge in [0, 0.05) is 36.1 Å². The largest absolute Gasteiger partial charge is 0.508 e. The smallest absolute Gasteiger partial charge is 0.115 e. The van der Waals surface area contributed by atoms with E-state index in [4.69, 9.17) is 0 Å². The van der Waals surface area contributed by atoms with Crippen LogP contribution in [0.2, 0.25) is 0 Å². The highest BCUT2D eigenvalue weighted by molar-refractivity contribution is 5.70. The van der Waals surface area contributed by atoms with Crippen molar-refractivity contribution < 1.29 is 5.11 Å². The Balaban J connectivity index is 1.91. The zero-order valence-electron chi connectivity index (χ0n) is 12.1. The summed E-state index contributed by atoms with van der Waals surface area (Å²) in [5.41, 5.74) is 4.93. The highest BCUT2D eigenvalue weighted by atomic mass is 16.3. The van der Waals surface area contributed by atoms with Crippen LogP contribution in [0.25, 0.3) is 0 Å². The number of aromatic hydroxyl groups is 1. The maximum Gasteiger partial charge on any atom is 0.115 e. The molecule has 0 bridgehead atoms. The van der Waals surface area contributed by atoms with Crippen LogP contribution in [0, 0.1) is 0 Å². The maximum absolute atomic E-state index is 9.31. The molecule has 0 saturated carbocycles. The topological polar surface area (TPSA) is 35.5 Å². The van der Waals surface area contributed by atoms with Gasteiger partial charge in [0.1, 0.15) is 5.75 Å². The van der Waals surface area contributed by atoms with E-state index in [1.807, 2.05) is 12.1 Å². The van der Waals surface area contributed by atoms with Gasteiger partial charge in [0.05, 0.1) is 0 Å². The van der Waals surface area contributed by atoms with Crippen molar-refractivity contribution in [2.45, 2.75) is 19.3 Å². The Morgan fingerprint density at radius 2 is 1.70 bits per heavy atom. The van der Waals surface area contributed by atoms with E-state index in [0.29, 0.717) is 0 Å². The van der Waals surface area contributed by atoms with Crippen molar-refractivity contribution in [3.05, 3.63) is 48.0 Å². The number of rotatable bonds is 2. The van der Waals surface area contributed by atoms with Gasteiger partial charge in [0.2, 0.25) is 0 Å². The lowest BCUT2D eigenvalue weighted by atomic mass is 9.87. The third-order valence-electron chi connectivity index (χ3n) is 3.93. The van der Waals surface area contributed by atoms with Crippen LogP contribution in [0.5, 0.6) is 5.75 Å². The Morgan fingerprint density at radius 3 is 2.40 bits per heavy atom. The van der Waals surface area contributed by atoms with E-state index in [0.717, 1.165) is 17.9 Å². The van der Waals surface area contributed by atoms with E-state index in [1.54, 1.807) is 12.1 Å². The molecule has 0 spiro atoms. The number of fused-ring (bicyclic) bond motifs is 1. The number of anilines is 3. The van der Waals surface area contributed by atoms with Crippen molar-refractivity contribution in [2.24, 2.45) is 0 Å². The first-order valence-corrected chi connectivity index (χ1v) is 6.87. The molecule has 0 aromatic heterocycles. The van der Waals surface area contributed by atoms with Crippen molar-refractivity contribution in [3.63, 3.8) is 0 Å². The van der Waals surface area contributed by atoms with Gasteiger partial charge in [0.25, 0.3) is 0 Å². The van der Waals surface area contributed by atoms with E-state index in [1.165, 1.54) is 11.3 Å². The molecule has 0 saturated heterocycles. The minimum absolute atomic E-state index is 0.177. The third-order valence-corrected chi connectivity index (χ3v) is 3.93. The summed E-state index contributed by atoms with van der Waals surface area (Å²) in [6, 6.07) is 13.6. The molecule has 2 aromatic rings. The summed E-state index contributed by atoms with van der Waals surface area (Å²) in [5, 5.41) is 12.7. The van der Waals surface area contributed by atoms with Gasteiger partial charge in [-0.05, 0) is 48.0 Å². The zero-order chi connectivity index (χ0) is 14.3. The summed E-state index contributed by atoms with van der Waals surface area (Å²) in [6.07, 6.45) is 0. The average molecular weight is 268 g/mol. The Hall–Kier alpha value is -2.16. The molecular weight excluding hydrogens is 248 g/mol. The van der Waals surface area contributed by atoms with E-state index in [2.05, 4.69) is 49.3 Å². The number of phenols is 1. The summed E-state index contributed by atoms with van der Waals surface area (Å²) in [7, 11) is 2.14. The second-order valence-corrected chi connectivity index (χ2v) is 6.14. The number of hydrogen-bond donors (Lipinski definition) is 2. The quantitative estimate of drug-likeness (QED) is 0.812. The van der Waals surface area contributed by atoms with Crippen LogP contribution in [0.15, 0.2) is 42.5 Å². The minimum Gasteiger partial charge on any atom is -0.508 e. The zero-order valence-corrected chi connectivity index (χ0v) is 12.1. The van der Waals surface area contributed by atoms with E-state index < -0.39 is 0 Å². The van der Waals surface area contributed by atoms with Gasteiger partial charge in [0.15, 0.2) is 0 Å². The number of nitrogens with zero attached hydrogens (tertiary/aromatic N) is 1. The van der Waals surface area contributed by atoms with Gasteiger partial charge < -0.3 is 15.3 Å². The van der Waals surface area contributed by atoms with Crippen LogP contribution in [0.1, 0.15) is 19.4 Å². The van der Waals surface area contributed by atoms with Crippen molar-refractivity contribution in [2.75, 3.05) is 23.8 Å². The molecule has 0 amide bonds. The molecule has 3 heteroatoms. The highest BCUT2D eigenvalue weighted by Crippen LogP contribution is 2.41. The van der Waals surface area contributed by atoms with Gasteiger partial charge in [-0.3, -0.25) is 0 Å². The molecule has 2 N–H and O–H groups in total. The first-order valence-electron chi connectivity index (χ1n) is 6.87. The maximum atomic E-state index is 9.31. The Bertz CT molecular complexity index is 632. The molecule has 0 fully saturated rings. The fourth-order valence-corrected chi connectivity index (χ4v) is 2.96. The Morgan fingerprint density at radius 1 is 1.05 bits per heavy atom. The fraction of sp³-hybridized carbons (Fsp3) is 0.294. The Kier molecular flexibility index (Phi) is 2.85. The van der Waals surface area contributed by atoms with Crippen LogP contribution in [-0.4, -0.2) is 18.7 Å². The second kappa shape index (κ2) is 4.44. The van der Waals surface area contributed by atoms with Gasteiger partial charge in [-0.25, -0.2) is 0 Å². The van der Waals surface area contributed by atoms with E-state index >= 15 is 0 Å². The predicted octanol–water partition coefficient (Wildman–Crippen LogP) is 3.86. The average Bonchev–Trinajstić information content (AvgIpc) is 2.63. The summed E-state index contributed by atoms with van der Waals surface area (Å²) in [6.45, 7) is 5.60. The molecule has 1 aliphatic rings. The fourth-order valence-electron chi connectivity index (χ4n) is 2.96. The van der Waals surface area contributed by atoms with Gasteiger partial charge in [-0.15, -0.1) is 0 Å². The summed E-state index contributed by atoms with van der Waals surface area (Å²) in [4.78, 5) is 2.31. The standard InChI is InChI=1S/C17H20N2O/c1-17(2)11-19(3)16-9-6-13(10-15(16)17)18-12-4-7-14(20)8-5-12/h4-10,18,20H,11H2,1-3H3. The molecule has 3 rings (SSSR count). The predicted molar refractivity (Wildman–Crippen MR) is 84.1 cm³/mol.